The van der Waals surface area contributed by atoms with Gasteiger partial charge in [0.15, 0.2) is 0 Å². The molecule has 1 N–H and O–H groups in total. The molecule has 0 bridgehead atoms. The monoisotopic (exact) mass is 285 g/mol. The van der Waals surface area contributed by atoms with Crippen LogP contribution in [-0.2, 0) is 19.5 Å². The Hall–Kier alpha value is -0.900. The molecule has 1 aromatic carbocycles. The van der Waals surface area contributed by atoms with E-state index >= 15 is 0 Å². The molecular formula is C18H27N3. The van der Waals surface area contributed by atoms with Gasteiger partial charge in [-0.05, 0) is 49.0 Å². The molecule has 2 fully saturated rings. The highest BCUT2D eigenvalue weighted by atomic mass is 15.3. The lowest BCUT2D eigenvalue weighted by atomic mass is 9.94. The fourth-order valence-electron chi connectivity index (χ4n) is 4.36. The van der Waals surface area contributed by atoms with Gasteiger partial charge in [-0.2, -0.15) is 0 Å². The number of piperidine rings is 1. The van der Waals surface area contributed by atoms with Gasteiger partial charge in [0.25, 0.3) is 0 Å². The average molecular weight is 285 g/mol. The number of fused-ring (bicyclic) bond motifs is 2. The van der Waals surface area contributed by atoms with E-state index in [9.17, 15) is 0 Å². The van der Waals surface area contributed by atoms with Crippen molar-refractivity contribution in [2.75, 3.05) is 32.7 Å². The lowest BCUT2D eigenvalue weighted by Crippen LogP contribution is -2.54. The summed E-state index contributed by atoms with van der Waals surface area (Å²) < 4.78 is 0. The molecule has 1 atom stereocenters. The van der Waals surface area contributed by atoms with Crippen LogP contribution in [-0.4, -0.2) is 48.6 Å². The molecule has 0 amide bonds. The highest BCUT2D eigenvalue weighted by Crippen LogP contribution is 2.24. The van der Waals surface area contributed by atoms with Crippen LogP contribution in [0.25, 0.3) is 0 Å². The van der Waals surface area contributed by atoms with Crippen LogP contribution in [0.1, 0.15) is 36.0 Å². The fraction of sp³-hybridized carbons (Fsp3) is 0.667. The van der Waals surface area contributed by atoms with Crippen molar-refractivity contribution < 1.29 is 0 Å². The molecule has 1 aromatic rings. The zero-order chi connectivity index (χ0) is 14.1. The smallest absolute Gasteiger partial charge is 0.0237 e. The van der Waals surface area contributed by atoms with Gasteiger partial charge in [-0.3, -0.25) is 9.80 Å². The summed E-state index contributed by atoms with van der Waals surface area (Å²) in [6.45, 7) is 8.50. The fourth-order valence-corrected chi connectivity index (χ4v) is 4.36. The first-order valence-electron chi connectivity index (χ1n) is 8.67. The Kier molecular flexibility index (Phi) is 3.97. The maximum atomic E-state index is 3.49. The van der Waals surface area contributed by atoms with Crippen LogP contribution in [0.4, 0.5) is 0 Å². The maximum Gasteiger partial charge on any atom is 0.0237 e. The first kappa shape index (κ1) is 13.7. The Balaban J connectivity index is 1.46. The molecule has 2 saturated heterocycles. The van der Waals surface area contributed by atoms with Crippen molar-refractivity contribution in [2.45, 2.75) is 44.8 Å². The number of nitrogens with one attached hydrogen (secondary N) is 1. The third-order valence-corrected chi connectivity index (χ3v) is 5.55. The van der Waals surface area contributed by atoms with Crippen LogP contribution in [0.5, 0.6) is 0 Å². The molecule has 114 valence electrons. The van der Waals surface area contributed by atoms with Crippen LogP contribution in [0.15, 0.2) is 18.2 Å². The molecule has 3 heteroatoms. The molecule has 0 aromatic heterocycles. The molecule has 0 spiro atoms. The van der Waals surface area contributed by atoms with Gasteiger partial charge in [0, 0.05) is 38.8 Å². The Morgan fingerprint density at radius 3 is 3.14 bits per heavy atom. The van der Waals surface area contributed by atoms with Crippen molar-refractivity contribution in [3.8, 4) is 0 Å². The lowest BCUT2D eigenvalue weighted by Gasteiger charge is -2.44. The van der Waals surface area contributed by atoms with Gasteiger partial charge < -0.3 is 5.32 Å². The Labute approximate surface area is 128 Å². The highest BCUT2D eigenvalue weighted by Gasteiger charge is 2.29. The molecule has 1 unspecified atom stereocenters. The molecule has 0 aliphatic carbocycles. The lowest BCUT2D eigenvalue weighted by molar-refractivity contribution is 0.0455. The molecule has 0 radical (unpaired) electrons. The quantitative estimate of drug-likeness (QED) is 0.897. The number of nitrogens with zero attached hydrogens (tertiary/aromatic N) is 2. The van der Waals surface area contributed by atoms with E-state index < -0.39 is 0 Å². The SMILES string of the molecule is c1cc2c(c(CN3CCN4CCCCC4C3)c1)CCNC2. The largest absolute Gasteiger partial charge is 0.312 e. The van der Waals surface area contributed by atoms with Crippen LogP contribution in [0.3, 0.4) is 0 Å². The van der Waals surface area contributed by atoms with Gasteiger partial charge in [-0.1, -0.05) is 24.6 Å². The summed E-state index contributed by atoms with van der Waals surface area (Å²) in [4.78, 5) is 5.43. The number of hydrogen-bond donors (Lipinski definition) is 1. The second-order valence-corrected chi connectivity index (χ2v) is 6.90. The third-order valence-electron chi connectivity index (χ3n) is 5.55. The number of piperazine rings is 1. The van der Waals surface area contributed by atoms with Crippen molar-refractivity contribution in [3.05, 3.63) is 34.9 Å². The zero-order valence-corrected chi connectivity index (χ0v) is 13.0. The van der Waals surface area contributed by atoms with Crippen LogP contribution in [0, 0.1) is 0 Å². The van der Waals surface area contributed by atoms with Gasteiger partial charge in [0.2, 0.25) is 0 Å². The van der Waals surface area contributed by atoms with Gasteiger partial charge in [0.05, 0.1) is 0 Å². The summed E-state index contributed by atoms with van der Waals surface area (Å²) in [6, 6.07) is 7.73. The topological polar surface area (TPSA) is 18.5 Å². The van der Waals surface area contributed by atoms with E-state index in [2.05, 4.69) is 33.3 Å². The minimum Gasteiger partial charge on any atom is -0.312 e. The number of benzene rings is 1. The van der Waals surface area contributed by atoms with Crippen LogP contribution in [0.2, 0.25) is 0 Å². The van der Waals surface area contributed by atoms with E-state index in [1.807, 2.05) is 0 Å². The molecule has 4 rings (SSSR count). The van der Waals surface area contributed by atoms with Crippen molar-refractivity contribution in [1.29, 1.82) is 0 Å². The number of hydrogen-bond acceptors (Lipinski definition) is 3. The molecule has 3 heterocycles. The maximum absolute atomic E-state index is 3.49. The summed E-state index contributed by atoms with van der Waals surface area (Å²) >= 11 is 0. The summed E-state index contributed by atoms with van der Waals surface area (Å²) in [5, 5.41) is 3.49. The Bertz CT molecular complexity index is 499. The van der Waals surface area contributed by atoms with Gasteiger partial charge in [-0.15, -0.1) is 0 Å². The predicted octanol–water partition coefficient (Wildman–Crippen LogP) is 2.00. The zero-order valence-electron chi connectivity index (χ0n) is 13.0. The van der Waals surface area contributed by atoms with Gasteiger partial charge in [-0.25, -0.2) is 0 Å². The van der Waals surface area contributed by atoms with Crippen LogP contribution < -0.4 is 5.32 Å². The Morgan fingerprint density at radius 1 is 1.14 bits per heavy atom. The minimum absolute atomic E-state index is 0.828. The predicted molar refractivity (Wildman–Crippen MR) is 86.3 cm³/mol. The molecule has 21 heavy (non-hydrogen) atoms. The first-order chi connectivity index (χ1) is 10.4. The van der Waals surface area contributed by atoms with E-state index in [-0.39, 0.29) is 0 Å². The highest BCUT2D eigenvalue weighted by molar-refractivity contribution is 5.37. The number of rotatable bonds is 2. The van der Waals surface area contributed by atoms with Crippen LogP contribution >= 0.6 is 0 Å². The Morgan fingerprint density at radius 2 is 2.14 bits per heavy atom. The summed E-state index contributed by atoms with van der Waals surface area (Å²) in [6.07, 6.45) is 5.46. The molecule has 0 saturated carbocycles. The van der Waals surface area contributed by atoms with E-state index in [0.717, 1.165) is 25.7 Å². The first-order valence-corrected chi connectivity index (χ1v) is 8.67. The standard InChI is InChI=1S/C18H27N3/c1-2-9-21-11-10-20(14-17(21)6-1)13-16-5-3-4-15-12-19-8-7-18(15)16/h3-5,17,19H,1-2,6-14H2. The van der Waals surface area contributed by atoms with E-state index in [0.29, 0.717) is 0 Å². The van der Waals surface area contributed by atoms with E-state index in [1.165, 1.54) is 57.4 Å². The second-order valence-electron chi connectivity index (χ2n) is 6.90. The molecule has 3 aliphatic rings. The van der Waals surface area contributed by atoms with Crippen molar-refractivity contribution in [1.82, 2.24) is 15.1 Å². The summed E-state index contributed by atoms with van der Waals surface area (Å²) in [5.41, 5.74) is 4.73. The van der Waals surface area contributed by atoms with E-state index in [4.69, 9.17) is 0 Å². The molecule has 3 aliphatic heterocycles. The van der Waals surface area contributed by atoms with Crippen molar-refractivity contribution in [3.63, 3.8) is 0 Å². The van der Waals surface area contributed by atoms with Gasteiger partial charge in [0.1, 0.15) is 0 Å². The van der Waals surface area contributed by atoms with Gasteiger partial charge >= 0.3 is 0 Å². The van der Waals surface area contributed by atoms with Crippen molar-refractivity contribution >= 4 is 0 Å². The second kappa shape index (κ2) is 6.07. The molecule has 3 nitrogen and oxygen atoms in total. The van der Waals surface area contributed by atoms with E-state index in [1.54, 1.807) is 11.1 Å². The third kappa shape index (κ3) is 2.87. The normalized spacial score (nSPS) is 27.1. The summed E-state index contributed by atoms with van der Waals surface area (Å²) in [5.74, 6) is 0. The minimum atomic E-state index is 0.828. The molecular weight excluding hydrogens is 258 g/mol. The summed E-state index contributed by atoms with van der Waals surface area (Å²) in [7, 11) is 0. The average Bonchev–Trinajstić information content (AvgIpc) is 2.55. The van der Waals surface area contributed by atoms with Crippen molar-refractivity contribution in [2.24, 2.45) is 0 Å².